The number of nitrogens with one attached hydrogen (secondary N) is 3. The maximum atomic E-state index is 14.6. The molecule has 0 saturated carbocycles. The number of carbonyl (C=O) groups is 1. The highest BCUT2D eigenvalue weighted by molar-refractivity contribution is 7.89. The number of hydrogen-bond donors (Lipinski definition) is 3. The van der Waals surface area contributed by atoms with Gasteiger partial charge in [0.2, 0.25) is 16.0 Å². The number of amides is 1. The lowest BCUT2D eigenvalue weighted by molar-refractivity contribution is 0.102. The molecular weight excluding hydrogens is 420 g/mol. The van der Waals surface area contributed by atoms with Crippen LogP contribution in [-0.2, 0) is 15.6 Å². The Kier molecular flexibility index (Phi) is 5.37. The molecule has 0 radical (unpaired) electrons. The van der Waals surface area contributed by atoms with Gasteiger partial charge in [-0.2, -0.15) is 0 Å². The summed E-state index contributed by atoms with van der Waals surface area (Å²) in [5.74, 6) is -3.91. The number of guanidine groups is 1. The Balaban J connectivity index is 1.96. The minimum absolute atomic E-state index is 0.00932. The SMILES string of the molecule is COc1ccc(C(=O)Nc2cc(F)c(F)c([C@]3(C)CS(=O)(=O)N(C)C(=N)N3)c2)nc1. The first-order valence-corrected chi connectivity index (χ1v) is 10.2. The number of rotatable bonds is 4. The Labute approximate surface area is 171 Å². The van der Waals surface area contributed by atoms with Gasteiger partial charge in [-0.1, -0.05) is 0 Å². The molecule has 3 rings (SSSR count). The van der Waals surface area contributed by atoms with Gasteiger partial charge < -0.3 is 15.4 Å². The monoisotopic (exact) mass is 439 g/mol. The van der Waals surface area contributed by atoms with Gasteiger partial charge in [0.15, 0.2) is 11.6 Å². The van der Waals surface area contributed by atoms with Gasteiger partial charge >= 0.3 is 0 Å². The molecule has 9 nitrogen and oxygen atoms in total. The van der Waals surface area contributed by atoms with Crippen LogP contribution < -0.4 is 15.4 Å². The molecule has 0 unspecified atom stereocenters. The second-order valence-corrected chi connectivity index (χ2v) is 8.89. The lowest BCUT2D eigenvalue weighted by Gasteiger charge is -2.40. The van der Waals surface area contributed by atoms with Crippen molar-refractivity contribution in [3.63, 3.8) is 0 Å². The molecule has 0 bridgehead atoms. The van der Waals surface area contributed by atoms with Crippen LogP contribution in [0.2, 0.25) is 0 Å². The normalized spacial score (nSPS) is 20.4. The average Bonchev–Trinajstić information content (AvgIpc) is 2.68. The third-order valence-electron chi connectivity index (χ3n) is 4.68. The summed E-state index contributed by atoms with van der Waals surface area (Å²) in [6.07, 6.45) is 1.32. The van der Waals surface area contributed by atoms with Crippen molar-refractivity contribution in [3.8, 4) is 5.75 Å². The highest BCUT2D eigenvalue weighted by Crippen LogP contribution is 2.32. The van der Waals surface area contributed by atoms with Crippen molar-refractivity contribution >= 4 is 27.6 Å². The predicted octanol–water partition coefficient (Wildman–Crippen LogP) is 1.64. The number of ether oxygens (including phenoxy) is 1. The van der Waals surface area contributed by atoms with Gasteiger partial charge in [0.05, 0.1) is 24.6 Å². The number of pyridine rings is 1. The largest absolute Gasteiger partial charge is 0.495 e. The van der Waals surface area contributed by atoms with Gasteiger partial charge in [0.1, 0.15) is 11.4 Å². The highest BCUT2D eigenvalue weighted by Gasteiger charge is 2.44. The molecule has 12 heteroatoms. The Bertz CT molecular complexity index is 1120. The van der Waals surface area contributed by atoms with E-state index in [-0.39, 0.29) is 16.9 Å². The summed E-state index contributed by atoms with van der Waals surface area (Å²) in [5, 5.41) is 12.8. The highest BCUT2D eigenvalue weighted by atomic mass is 32.2. The van der Waals surface area contributed by atoms with Gasteiger partial charge in [-0.15, -0.1) is 0 Å². The summed E-state index contributed by atoms with van der Waals surface area (Å²) < 4.78 is 59.2. The van der Waals surface area contributed by atoms with Gasteiger partial charge in [0.25, 0.3) is 5.91 Å². The van der Waals surface area contributed by atoms with E-state index in [1.54, 1.807) is 0 Å². The molecule has 0 spiro atoms. The van der Waals surface area contributed by atoms with Crippen molar-refractivity contribution in [2.45, 2.75) is 12.5 Å². The predicted molar refractivity (Wildman–Crippen MR) is 105 cm³/mol. The molecule has 1 aliphatic rings. The molecule has 2 heterocycles. The third kappa shape index (κ3) is 3.90. The number of nitrogens with zero attached hydrogens (tertiary/aromatic N) is 2. The lowest BCUT2D eigenvalue weighted by atomic mass is 9.92. The van der Waals surface area contributed by atoms with Gasteiger partial charge in [-0.05, 0) is 25.1 Å². The third-order valence-corrected chi connectivity index (χ3v) is 6.64. The van der Waals surface area contributed by atoms with Crippen molar-refractivity contribution < 1.29 is 26.7 Å². The number of carbonyl (C=O) groups excluding carboxylic acids is 1. The zero-order valence-corrected chi connectivity index (χ0v) is 17.1. The quantitative estimate of drug-likeness (QED) is 0.665. The minimum Gasteiger partial charge on any atom is -0.495 e. The lowest BCUT2D eigenvalue weighted by Crippen LogP contribution is -2.61. The van der Waals surface area contributed by atoms with Crippen LogP contribution in [0.1, 0.15) is 23.0 Å². The summed E-state index contributed by atoms with van der Waals surface area (Å²) in [5.41, 5.74) is -2.07. The Hall–Kier alpha value is -3.28. The molecule has 30 heavy (non-hydrogen) atoms. The first-order valence-electron chi connectivity index (χ1n) is 8.61. The van der Waals surface area contributed by atoms with Gasteiger partial charge in [-0.3, -0.25) is 10.2 Å². The zero-order valence-electron chi connectivity index (χ0n) is 16.3. The van der Waals surface area contributed by atoms with Crippen LogP contribution in [-0.4, -0.2) is 49.5 Å². The van der Waals surface area contributed by atoms with Gasteiger partial charge in [-0.25, -0.2) is 26.5 Å². The van der Waals surface area contributed by atoms with Crippen LogP contribution in [0.5, 0.6) is 5.75 Å². The van der Waals surface area contributed by atoms with E-state index < -0.39 is 44.8 Å². The van der Waals surface area contributed by atoms with Crippen LogP contribution in [0.15, 0.2) is 30.5 Å². The summed E-state index contributed by atoms with van der Waals surface area (Å²) in [6.45, 7) is 1.33. The van der Waals surface area contributed by atoms with Crippen LogP contribution in [0.25, 0.3) is 0 Å². The smallest absolute Gasteiger partial charge is 0.274 e. The number of methoxy groups -OCH3 is 1. The zero-order chi connectivity index (χ0) is 22.3. The van der Waals surface area contributed by atoms with Crippen molar-refractivity contribution in [3.05, 3.63) is 53.4 Å². The first kappa shape index (κ1) is 21.4. The van der Waals surface area contributed by atoms with E-state index in [0.29, 0.717) is 10.1 Å². The summed E-state index contributed by atoms with van der Waals surface area (Å²) in [6, 6.07) is 4.81. The van der Waals surface area contributed by atoms with Crippen LogP contribution in [0.4, 0.5) is 14.5 Å². The van der Waals surface area contributed by atoms with Crippen LogP contribution in [0.3, 0.4) is 0 Å². The van der Waals surface area contributed by atoms with E-state index in [0.717, 1.165) is 12.1 Å². The maximum absolute atomic E-state index is 14.6. The van der Waals surface area contributed by atoms with Crippen molar-refractivity contribution in [2.24, 2.45) is 0 Å². The number of anilines is 1. The van der Waals surface area contributed by atoms with Crippen molar-refractivity contribution in [1.29, 1.82) is 5.41 Å². The average molecular weight is 439 g/mol. The number of benzene rings is 1. The van der Waals surface area contributed by atoms with Crippen LogP contribution in [0, 0.1) is 17.0 Å². The fourth-order valence-electron chi connectivity index (χ4n) is 3.02. The molecule has 1 aliphatic heterocycles. The topological polar surface area (TPSA) is 124 Å². The summed E-state index contributed by atoms with van der Waals surface area (Å²) in [7, 11) is -1.31. The van der Waals surface area contributed by atoms with E-state index in [9.17, 15) is 22.0 Å². The molecule has 0 aliphatic carbocycles. The van der Waals surface area contributed by atoms with Crippen LogP contribution >= 0.6 is 0 Å². The molecule has 1 aromatic heterocycles. The minimum atomic E-state index is -3.93. The number of aromatic nitrogens is 1. The standard InChI is InChI=1S/C18H19F2N5O4S/c1-18(9-30(27,28)25(2)17(21)24-18)12-6-10(7-13(19)15(12)20)23-16(26)14-5-4-11(29-3)8-22-14/h4-8H,9H2,1-3H3,(H2,21,24)(H,23,26)/t18-/m0/s1. The molecule has 160 valence electrons. The van der Waals surface area contributed by atoms with E-state index in [1.807, 2.05) is 0 Å². The number of sulfonamides is 1. The summed E-state index contributed by atoms with van der Waals surface area (Å²) >= 11 is 0. The van der Waals surface area contributed by atoms with E-state index in [2.05, 4.69) is 15.6 Å². The van der Waals surface area contributed by atoms with E-state index >= 15 is 0 Å². The Morgan fingerprint density at radius 3 is 2.63 bits per heavy atom. The molecule has 1 saturated heterocycles. The molecular formula is C18H19F2N5O4S. The fourth-order valence-corrected chi connectivity index (χ4v) is 4.49. The molecule has 1 amide bonds. The van der Waals surface area contributed by atoms with Crippen molar-refractivity contribution in [1.82, 2.24) is 14.6 Å². The number of hydrogen-bond acceptors (Lipinski definition) is 6. The fraction of sp³-hybridized carbons (Fsp3) is 0.278. The Morgan fingerprint density at radius 2 is 2.07 bits per heavy atom. The molecule has 2 aromatic rings. The Morgan fingerprint density at radius 1 is 1.37 bits per heavy atom. The molecule has 1 atom stereocenters. The van der Waals surface area contributed by atoms with E-state index in [1.165, 1.54) is 39.4 Å². The van der Waals surface area contributed by atoms with Crippen molar-refractivity contribution in [2.75, 3.05) is 25.2 Å². The molecule has 1 aromatic carbocycles. The maximum Gasteiger partial charge on any atom is 0.274 e. The van der Waals surface area contributed by atoms with E-state index in [4.69, 9.17) is 10.1 Å². The molecule has 1 fully saturated rings. The second kappa shape index (κ2) is 7.52. The molecule has 3 N–H and O–H groups in total. The van der Waals surface area contributed by atoms with Gasteiger partial charge in [0, 0.05) is 24.4 Å². The number of halogens is 2. The first-order chi connectivity index (χ1) is 14.0. The summed E-state index contributed by atoms with van der Waals surface area (Å²) in [4.78, 5) is 16.3. The second-order valence-electron chi connectivity index (χ2n) is 6.89.